The number of halogens is 3. The molecule has 0 aromatic heterocycles. The Morgan fingerprint density at radius 2 is 1.77 bits per heavy atom. The van der Waals surface area contributed by atoms with Gasteiger partial charge in [0.1, 0.15) is 5.82 Å². The summed E-state index contributed by atoms with van der Waals surface area (Å²) in [5.74, 6) is -0.163. The maximum absolute atomic E-state index is 13.7. The molecule has 7 heteroatoms. The van der Waals surface area contributed by atoms with Crippen molar-refractivity contribution >= 4 is 34.9 Å². The molecule has 0 unspecified atom stereocenters. The molecule has 1 fully saturated rings. The van der Waals surface area contributed by atoms with Gasteiger partial charge >= 0.3 is 6.03 Å². The molecule has 138 valence electrons. The molecule has 0 atom stereocenters. The van der Waals surface area contributed by atoms with Gasteiger partial charge in [0.25, 0.3) is 0 Å². The number of amides is 2. The van der Waals surface area contributed by atoms with E-state index in [2.05, 4.69) is 10.2 Å². The summed E-state index contributed by atoms with van der Waals surface area (Å²) in [6.45, 7) is 3.51. The zero-order valence-corrected chi connectivity index (χ0v) is 15.7. The topological polar surface area (TPSA) is 35.6 Å². The van der Waals surface area contributed by atoms with Gasteiger partial charge in [0.15, 0.2) is 0 Å². The molecule has 0 aliphatic carbocycles. The Balaban J connectivity index is 1.48. The summed E-state index contributed by atoms with van der Waals surface area (Å²) in [6.07, 6.45) is 0.664. The standard InChI is InChI=1S/C19H20Cl2FN3O/c20-15-5-3-7-17(18(15)21)23-19(26)25-12-10-24(11-13-25)9-8-14-4-1-2-6-16(14)22/h1-7H,8-13H2,(H,23,26). The second-order valence-electron chi connectivity index (χ2n) is 6.20. The number of rotatable bonds is 4. The number of urea groups is 1. The predicted octanol–water partition coefficient (Wildman–Crippen LogP) is 4.52. The molecule has 4 nitrogen and oxygen atoms in total. The number of piperazine rings is 1. The molecule has 2 aromatic rings. The quantitative estimate of drug-likeness (QED) is 0.825. The van der Waals surface area contributed by atoms with Gasteiger partial charge in [0.2, 0.25) is 0 Å². The fraction of sp³-hybridized carbons (Fsp3) is 0.316. The Morgan fingerprint density at radius 3 is 2.50 bits per heavy atom. The minimum absolute atomic E-state index is 0.163. The van der Waals surface area contributed by atoms with E-state index in [4.69, 9.17) is 23.2 Å². The largest absolute Gasteiger partial charge is 0.322 e. The lowest BCUT2D eigenvalue weighted by Crippen LogP contribution is -2.50. The first-order valence-electron chi connectivity index (χ1n) is 8.50. The maximum atomic E-state index is 13.7. The molecular formula is C19H20Cl2FN3O. The molecule has 3 rings (SSSR count). The van der Waals surface area contributed by atoms with Crippen molar-refractivity contribution < 1.29 is 9.18 Å². The predicted molar refractivity (Wildman–Crippen MR) is 104 cm³/mol. The van der Waals surface area contributed by atoms with E-state index in [1.807, 2.05) is 12.1 Å². The van der Waals surface area contributed by atoms with Crippen molar-refractivity contribution in [3.05, 3.63) is 63.9 Å². The van der Waals surface area contributed by atoms with Crippen LogP contribution in [0.5, 0.6) is 0 Å². The number of benzene rings is 2. The lowest BCUT2D eigenvalue weighted by Gasteiger charge is -2.34. The average molecular weight is 396 g/mol. The van der Waals surface area contributed by atoms with Crippen LogP contribution in [0.25, 0.3) is 0 Å². The van der Waals surface area contributed by atoms with E-state index in [9.17, 15) is 9.18 Å². The fourth-order valence-electron chi connectivity index (χ4n) is 2.95. The van der Waals surface area contributed by atoms with Gasteiger partial charge in [-0.05, 0) is 30.2 Å². The molecule has 0 saturated carbocycles. The third-order valence-corrected chi connectivity index (χ3v) is 5.33. The highest BCUT2D eigenvalue weighted by molar-refractivity contribution is 6.43. The lowest BCUT2D eigenvalue weighted by atomic mass is 10.1. The summed E-state index contributed by atoms with van der Waals surface area (Å²) >= 11 is 12.1. The van der Waals surface area contributed by atoms with Crippen molar-refractivity contribution in [2.45, 2.75) is 6.42 Å². The number of carbonyl (C=O) groups is 1. The van der Waals surface area contributed by atoms with Crippen LogP contribution in [0.1, 0.15) is 5.56 Å². The molecular weight excluding hydrogens is 376 g/mol. The van der Waals surface area contributed by atoms with Gasteiger partial charge in [0.05, 0.1) is 15.7 Å². The van der Waals surface area contributed by atoms with Gasteiger partial charge < -0.3 is 10.2 Å². The number of anilines is 1. The smallest absolute Gasteiger partial charge is 0.321 e. The van der Waals surface area contributed by atoms with Gasteiger partial charge in [-0.3, -0.25) is 4.90 Å². The zero-order valence-electron chi connectivity index (χ0n) is 14.2. The van der Waals surface area contributed by atoms with Crippen LogP contribution in [0.4, 0.5) is 14.9 Å². The summed E-state index contributed by atoms with van der Waals surface area (Å²) in [5, 5.41) is 3.55. The van der Waals surface area contributed by atoms with Gasteiger partial charge in [-0.15, -0.1) is 0 Å². The molecule has 2 amide bonds. The number of hydrogen-bond donors (Lipinski definition) is 1. The number of nitrogens with one attached hydrogen (secondary N) is 1. The molecule has 1 aliphatic rings. The van der Waals surface area contributed by atoms with Crippen LogP contribution in [0.2, 0.25) is 10.0 Å². The normalized spacial score (nSPS) is 15.1. The highest BCUT2D eigenvalue weighted by Crippen LogP contribution is 2.29. The van der Waals surface area contributed by atoms with E-state index in [0.29, 0.717) is 35.2 Å². The highest BCUT2D eigenvalue weighted by Gasteiger charge is 2.21. The number of nitrogens with zero attached hydrogens (tertiary/aromatic N) is 2. The van der Waals surface area contributed by atoms with Gasteiger partial charge in [-0.25, -0.2) is 9.18 Å². The van der Waals surface area contributed by atoms with Crippen molar-refractivity contribution in [1.29, 1.82) is 0 Å². The van der Waals surface area contributed by atoms with Crippen LogP contribution in [0, 0.1) is 5.82 Å². The van der Waals surface area contributed by atoms with Crippen molar-refractivity contribution in [3.8, 4) is 0 Å². The molecule has 26 heavy (non-hydrogen) atoms. The Bertz CT molecular complexity index is 779. The van der Waals surface area contributed by atoms with E-state index >= 15 is 0 Å². The zero-order chi connectivity index (χ0) is 18.5. The Kier molecular flexibility index (Phi) is 6.35. The fourth-order valence-corrected chi connectivity index (χ4v) is 3.30. The number of carbonyl (C=O) groups excluding carboxylic acids is 1. The molecule has 1 aliphatic heterocycles. The Hall–Kier alpha value is -1.82. The summed E-state index contributed by atoms with van der Waals surface area (Å²) in [7, 11) is 0. The summed E-state index contributed by atoms with van der Waals surface area (Å²) in [5.41, 5.74) is 1.23. The Labute approximate surface area is 162 Å². The van der Waals surface area contributed by atoms with Crippen LogP contribution >= 0.6 is 23.2 Å². The molecule has 0 spiro atoms. The highest BCUT2D eigenvalue weighted by atomic mass is 35.5. The SMILES string of the molecule is O=C(Nc1cccc(Cl)c1Cl)N1CCN(CCc2ccccc2F)CC1. The van der Waals surface area contributed by atoms with Gasteiger partial charge in [0, 0.05) is 32.7 Å². The van der Waals surface area contributed by atoms with Crippen molar-refractivity contribution in [3.63, 3.8) is 0 Å². The van der Waals surface area contributed by atoms with E-state index in [1.165, 1.54) is 6.07 Å². The molecule has 1 heterocycles. The van der Waals surface area contributed by atoms with Crippen LogP contribution < -0.4 is 5.32 Å². The van der Waals surface area contributed by atoms with Crippen LogP contribution in [0.15, 0.2) is 42.5 Å². The molecule has 1 saturated heterocycles. The number of hydrogen-bond acceptors (Lipinski definition) is 2. The minimum Gasteiger partial charge on any atom is -0.322 e. The third-order valence-electron chi connectivity index (χ3n) is 4.51. The minimum atomic E-state index is -0.192. The lowest BCUT2D eigenvalue weighted by molar-refractivity contribution is 0.148. The van der Waals surface area contributed by atoms with Crippen LogP contribution in [-0.2, 0) is 6.42 Å². The van der Waals surface area contributed by atoms with Crippen molar-refractivity contribution in [1.82, 2.24) is 9.80 Å². The average Bonchev–Trinajstić information content (AvgIpc) is 2.65. The Morgan fingerprint density at radius 1 is 1.04 bits per heavy atom. The second kappa shape index (κ2) is 8.71. The van der Waals surface area contributed by atoms with E-state index in [-0.39, 0.29) is 11.8 Å². The van der Waals surface area contributed by atoms with E-state index in [0.717, 1.165) is 25.2 Å². The van der Waals surface area contributed by atoms with Gasteiger partial charge in [-0.1, -0.05) is 47.5 Å². The maximum Gasteiger partial charge on any atom is 0.321 e. The monoisotopic (exact) mass is 395 g/mol. The van der Waals surface area contributed by atoms with Gasteiger partial charge in [-0.2, -0.15) is 0 Å². The summed E-state index contributed by atoms with van der Waals surface area (Å²) < 4.78 is 13.7. The van der Waals surface area contributed by atoms with E-state index < -0.39 is 0 Å². The first kappa shape index (κ1) is 19.0. The first-order valence-corrected chi connectivity index (χ1v) is 9.26. The van der Waals surface area contributed by atoms with E-state index in [1.54, 1.807) is 29.2 Å². The van der Waals surface area contributed by atoms with Crippen LogP contribution in [0.3, 0.4) is 0 Å². The van der Waals surface area contributed by atoms with Crippen molar-refractivity contribution in [2.24, 2.45) is 0 Å². The second-order valence-corrected chi connectivity index (χ2v) is 6.99. The molecule has 0 bridgehead atoms. The summed E-state index contributed by atoms with van der Waals surface area (Å²) in [4.78, 5) is 16.4. The first-order chi connectivity index (χ1) is 12.5. The van der Waals surface area contributed by atoms with Crippen molar-refractivity contribution in [2.75, 3.05) is 38.0 Å². The van der Waals surface area contributed by atoms with Crippen LogP contribution in [-0.4, -0.2) is 48.6 Å². The molecule has 0 radical (unpaired) electrons. The molecule has 1 N–H and O–H groups in total. The summed E-state index contributed by atoms with van der Waals surface area (Å²) in [6, 6.07) is 11.8. The third kappa shape index (κ3) is 4.67. The molecule has 2 aromatic carbocycles.